The van der Waals surface area contributed by atoms with E-state index in [1.807, 2.05) is 6.07 Å². The van der Waals surface area contributed by atoms with Gasteiger partial charge in [-0.2, -0.15) is 0 Å². The van der Waals surface area contributed by atoms with Gasteiger partial charge in [0.25, 0.3) is 0 Å². The molecule has 8 heteroatoms. The smallest absolute Gasteiger partial charge is 0.224 e. The maximum absolute atomic E-state index is 13.2. The predicted octanol–water partition coefficient (Wildman–Crippen LogP) is 4.47. The van der Waals surface area contributed by atoms with E-state index in [0.29, 0.717) is 27.9 Å². The van der Waals surface area contributed by atoms with Crippen LogP contribution < -0.4 is 10.1 Å². The summed E-state index contributed by atoms with van der Waals surface area (Å²) in [6, 6.07) is 8.74. The van der Waals surface area contributed by atoms with Crippen molar-refractivity contribution in [3.05, 3.63) is 63.6 Å². The Morgan fingerprint density at radius 2 is 1.83 bits per heavy atom. The Morgan fingerprint density at radius 1 is 1.07 bits per heavy atom. The molecule has 1 amide bonds. The third kappa shape index (κ3) is 6.56. The average molecular weight is 443 g/mol. The molecule has 3 rings (SSSR count). The van der Waals surface area contributed by atoms with Crippen molar-refractivity contribution in [1.29, 1.82) is 0 Å². The number of ether oxygens (including phenoxy) is 1. The Kier molecular flexibility index (Phi) is 7.70. The highest BCUT2D eigenvalue weighted by molar-refractivity contribution is 6.42. The summed E-state index contributed by atoms with van der Waals surface area (Å²) in [5, 5.41) is 3.79. The zero-order valence-corrected chi connectivity index (χ0v) is 17.3. The standard InChI is InChI=1S/C21H22Cl2F2N2O2/c22-17-3-2-16(13-18(17)23)29-15-5-8-27(9-6-15)10-7-26-21(28)12-14-1-4-19(24)20(25)11-14/h1-4,11,13,15H,5-10,12H2,(H,26,28). The molecule has 1 aliphatic rings. The number of carbonyl (C=O) groups is 1. The molecule has 1 heterocycles. The summed E-state index contributed by atoms with van der Waals surface area (Å²) >= 11 is 11.9. The molecule has 0 atom stereocenters. The predicted molar refractivity (Wildman–Crippen MR) is 110 cm³/mol. The van der Waals surface area contributed by atoms with Gasteiger partial charge in [0.1, 0.15) is 11.9 Å². The van der Waals surface area contributed by atoms with Gasteiger partial charge in [-0.15, -0.1) is 0 Å². The van der Waals surface area contributed by atoms with E-state index in [0.717, 1.165) is 44.6 Å². The van der Waals surface area contributed by atoms with Crippen LogP contribution in [0, 0.1) is 11.6 Å². The first kappa shape index (κ1) is 21.8. The molecule has 0 radical (unpaired) electrons. The van der Waals surface area contributed by atoms with Crippen molar-refractivity contribution in [2.24, 2.45) is 0 Å². The number of benzene rings is 2. The molecule has 1 aliphatic heterocycles. The van der Waals surface area contributed by atoms with E-state index in [4.69, 9.17) is 27.9 Å². The highest BCUT2D eigenvalue weighted by atomic mass is 35.5. The van der Waals surface area contributed by atoms with Crippen molar-refractivity contribution in [1.82, 2.24) is 10.2 Å². The van der Waals surface area contributed by atoms with Crippen LogP contribution in [0.1, 0.15) is 18.4 Å². The fourth-order valence-electron chi connectivity index (χ4n) is 3.24. The summed E-state index contributed by atoms with van der Waals surface area (Å²) in [6.45, 7) is 2.96. The van der Waals surface area contributed by atoms with Crippen molar-refractivity contribution < 1.29 is 18.3 Å². The molecule has 4 nitrogen and oxygen atoms in total. The van der Waals surface area contributed by atoms with Gasteiger partial charge >= 0.3 is 0 Å². The molecule has 29 heavy (non-hydrogen) atoms. The lowest BCUT2D eigenvalue weighted by Gasteiger charge is -2.32. The molecule has 0 bridgehead atoms. The summed E-state index contributed by atoms with van der Waals surface area (Å²) < 4.78 is 32.1. The van der Waals surface area contributed by atoms with Crippen molar-refractivity contribution in [2.45, 2.75) is 25.4 Å². The number of carbonyl (C=O) groups excluding carboxylic acids is 1. The molecular formula is C21H22Cl2F2N2O2. The number of nitrogens with zero attached hydrogens (tertiary/aromatic N) is 1. The minimum absolute atomic E-state index is 0.0246. The van der Waals surface area contributed by atoms with Crippen molar-refractivity contribution in [2.75, 3.05) is 26.2 Å². The average Bonchev–Trinajstić information content (AvgIpc) is 2.69. The van der Waals surface area contributed by atoms with E-state index in [1.54, 1.807) is 12.1 Å². The summed E-state index contributed by atoms with van der Waals surface area (Å²) in [6.07, 6.45) is 1.90. The molecular weight excluding hydrogens is 421 g/mol. The molecule has 156 valence electrons. The van der Waals surface area contributed by atoms with Crippen LogP contribution in [0.25, 0.3) is 0 Å². The van der Waals surface area contributed by atoms with Crippen LogP contribution in [-0.4, -0.2) is 43.1 Å². The third-order valence-electron chi connectivity index (χ3n) is 4.83. The lowest BCUT2D eigenvalue weighted by Crippen LogP contribution is -2.42. The number of hydrogen-bond donors (Lipinski definition) is 1. The molecule has 1 saturated heterocycles. The van der Waals surface area contributed by atoms with Gasteiger partial charge in [-0.3, -0.25) is 4.79 Å². The number of rotatable bonds is 7. The van der Waals surface area contributed by atoms with E-state index in [2.05, 4.69) is 10.2 Å². The number of nitrogens with one attached hydrogen (secondary N) is 1. The highest BCUT2D eigenvalue weighted by Crippen LogP contribution is 2.28. The topological polar surface area (TPSA) is 41.6 Å². The number of likely N-dealkylation sites (tertiary alicyclic amines) is 1. The Hall–Kier alpha value is -1.89. The highest BCUT2D eigenvalue weighted by Gasteiger charge is 2.20. The van der Waals surface area contributed by atoms with Crippen LogP contribution in [0.3, 0.4) is 0 Å². The molecule has 2 aromatic rings. The van der Waals surface area contributed by atoms with Gasteiger partial charge in [0.2, 0.25) is 5.91 Å². The van der Waals surface area contributed by atoms with Crippen LogP contribution in [-0.2, 0) is 11.2 Å². The fraction of sp³-hybridized carbons (Fsp3) is 0.381. The first-order valence-corrected chi connectivity index (χ1v) is 10.2. The number of hydrogen-bond acceptors (Lipinski definition) is 3. The van der Waals surface area contributed by atoms with Gasteiger partial charge in [0, 0.05) is 32.2 Å². The summed E-state index contributed by atoms with van der Waals surface area (Å²) in [7, 11) is 0. The molecule has 1 fully saturated rings. The maximum atomic E-state index is 13.2. The maximum Gasteiger partial charge on any atom is 0.224 e. The molecule has 1 N–H and O–H groups in total. The van der Waals surface area contributed by atoms with Crippen molar-refractivity contribution >= 4 is 29.1 Å². The van der Waals surface area contributed by atoms with E-state index in [1.165, 1.54) is 6.07 Å². The number of amides is 1. The first-order valence-electron chi connectivity index (χ1n) is 9.45. The van der Waals surface area contributed by atoms with Gasteiger partial charge in [0.05, 0.1) is 16.5 Å². The molecule has 2 aromatic carbocycles. The van der Waals surface area contributed by atoms with E-state index >= 15 is 0 Å². The first-order chi connectivity index (χ1) is 13.9. The monoisotopic (exact) mass is 442 g/mol. The molecule has 0 spiro atoms. The summed E-state index contributed by atoms with van der Waals surface area (Å²) in [5.41, 5.74) is 0.446. The summed E-state index contributed by atoms with van der Waals surface area (Å²) in [4.78, 5) is 14.2. The normalized spacial score (nSPS) is 15.3. The minimum Gasteiger partial charge on any atom is -0.490 e. The van der Waals surface area contributed by atoms with Gasteiger partial charge in [-0.1, -0.05) is 29.3 Å². The second kappa shape index (κ2) is 10.2. The fourth-order valence-corrected chi connectivity index (χ4v) is 3.53. The second-order valence-corrected chi connectivity index (χ2v) is 7.82. The molecule has 0 aromatic heterocycles. The number of piperidine rings is 1. The second-order valence-electron chi connectivity index (χ2n) is 7.01. The Labute approximate surface area is 178 Å². The lowest BCUT2D eigenvalue weighted by atomic mass is 10.1. The minimum atomic E-state index is -0.943. The van der Waals surface area contributed by atoms with Crippen LogP contribution in [0.5, 0.6) is 5.75 Å². The van der Waals surface area contributed by atoms with Crippen LogP contribution in [0.4, 0.5) is 8.78 Å². The Balaban J connectivity index is 1.34. The van der Waals surface area contributed by atoms with Gasteiger partial charge in [-0.05, 0) is 42.7 Å². The molecule has 0 unspecified atom stereocenters. The zero-order valence-electron chi connectivity index (χ0n) is 15.8. The van der Waals surface area contributed by atoms with Crippen molar-refractivity contribution in [3.63, 3.8) is 0 Å². The van der Waals surface area contributed by atoms with E-state index in [-0.39, 0.29) is 18.4 Å². The van der Waals surface area contributed by atoms with Crippen molar-refractivity contribution in [3.8, 4) is 5.75 Å². The Bertz CT molecular complexity index is 859. The van der Waals surface area contributed by atoms with Gasteiger partial charge in [-0.25, -0.2) is 8.78 Å². The van der Waals surface area contributed by atoms with E-state index in [9.17, 15) is 13.6 Å². The third-order valence-corrected chi connectivity index (χ3v) is 5.57. The summed E-state index contributed by atoms with van der Waals surface area (Å²) in [5.74, 6) is -1.36. The van der Waals surface area contributed by atoms with Crippen LogP contribution in [0.15, 0.2) is 36.4 Å². The zero-order chi connectivity index (χ0) is 20.8. The quantitative estimate of drug-likeness (QED) is 0.687. The largest absolute Gasteiger partial charge is 0.490 e. The SMILES string of the molecule is O=C(Cc1ccc(F)c(F)c1)NCCN1CCC(Oc2ccc(Cl)c(Cl)c2)CC1. The Morgan fingerprint density at radius 3 is 2.52 bits per heavy atom. The lowest BCUT2D eigenvalue weighted by molar-refractivity contribution is -0.120. The molecule has 0 aliphatic carbocycles. The van der Waals surface area contributed by atoms with Gasteiger partial charge in [0.15, 0.2) is 11.6 Å². The van der Waals surface area contributed by atoms with E-state index < -0.39 is 11.6 Å². The molecule has 0 saturated carbocycles. The van der Waals surface area contributed by atoms with Crippen LogP contribution >= 0.6 is 23.2 Å². The van der Waals surface area contributed by atoms with Crippen LogP contribution in [0.2, 0.25) is 10.0 Å². The number of halogens is 4. The van der Waals surface area contributed by atoms with Gasteiger partial charge < -0.3 is 15.0 Å².